The standard InChI is InChI=1S/C21H14F2N4/c1-12-16-8-17(22)18(23)9-19(16)26-20(24-12)7-6-14-11-27-10-13-4-2-3-5-15(13)21(27)25-14/h2-9,11H,10H2,1H3. The lowest BCUT2D eigenvalue weighted by molar-refractivity contribution is 0.510. The van der Waals surface area contributed by atoms with Gasteiger partial charge in [0.15, 0.2) is 17.5 Å². The molecule has 0 bridgehead atoms. The molecule has 132 valence electrons. The quantitative estimate of drug-likeness (QED) is 0.462. The maximum absolute atomic E-state index is 13.5. The average Bonchev–Trinajstić information content (AvgIpc) is 3.19. The van der Waals surface area contributed by atoms with E-state index in [0.717, 1.165) is 35.8 Å². The minimum atomic E-state index is -0.917. The van der Waals surface area contributed by atoms with E-state index < -0.39 is 11.6 Å². The second-order valence-corrected chi connectivity index (χ2v) is 6.56. The van der Waals surface area contributed by atoms with E-state index in [0.29, 0.717) is 22.4 Å². The van der Waals surface area contributed by atoms with Crippen LogP contribution in [0.4, 0.5) is 8.78 Å². The smallest absolute Gasteiger partial charge is 0.161 e. The number of fused-ring (bicyclic) bond motifs is 4. The van der Waals surface area contributed by atoms with Crippen LogP contribution in [0.1, 0.15) is 22.8 Å². The normalized spacial score (nSPS) is 12.7. The highest BCUT2D eigenvalue weighted by Crippen LogP contribution is 2.31. The Hall–Kier alpha value is -3.41. The largest absolute Gasteiger partial charge is 0.326 e. The van der Waals surface area contributed by atoms with Crippen LogP contribution in [-0.2, 0) is 6.54 Å². The van der Waals surface area contributed by atoms with Crippen molar-refractivity contribution in [2.45, 2.75) is 13.5 Å². The van der Waals surface area contributed by atoms with Crippen molar-refractivity contribution >= 4 is 23.1 Å². The van der Waals surface area contributed by atoms with Crippen LogP contribution in [0.15, 0.2) is 42.6 Å². The fourth-order valence-electron chi connectivity index (χ4n) is 3.45. The summed E-state index contributed by atoms with van der Waals surface area (Å²) in [6.07, 6.45) is 5.54. The van der Waals surface area contributed by atoms with Crippen LogP contribution >= 0.6 is 0 Å². The maximum atomic E-state index is 13.5. The van der Waals surface area contributed by atoms with E-state index in [2.05, 4.69) is 31.7 Å². The fourth-order valence-corrected chi connectivity index (χ4v) is 3.45. The second-order valence-electron chi connectivity index (χ2n) is 6.56. The van der Waals surface area contributed by atoms with Crippen LogP contribution in [0.2, 0.25) is 0 Å². The summed E-state index contributed by atoms with van der Waals surface area (Å²) in [5.74, 6) is -0.442. The molecule has 0 radical (unpaired) electrons. The predicted octanol–water partition coefficient (Wildman–Crippen LogP) is 4.61. The molecule has 27 heavy (non-hydrogen) atoms. The number of hydrogen-bond acceptors (Lipinski definition) is 3. The first-order valence-corrected chi connectivity index (χ1v) is 8.55. The zero-order valence-electron chi connectivity index (χ0n) is 14.4. The van der Waals surface area contributed by atoms with Gasteiger partial charge in [-0.15, -0.1) is 0 Å². The molecule has 4 nitrogen and oxygen atoms in total. The molecule has 0 fully saturated rings. The molecule has 1 aliphatic heterocycles. The van der Waals surface area contributed by atoms with Gasteiger partial charge in [-0.05, 0) is 30.7 Å². The van der Waals surface area contributed by atoms with Gasteiger partial charge in [-0.3, -0.25) is 0 Å². The van der Waals surface area contributed by atoms with Crippen molar-refractivity contribution in [3.05, 3.63) is 77.0 Å². The van der Waals surface area contributed by atoms with Crippen molar-refractivity contribution in [3.63, 3.8) is 0 Å². The molecular weight excluding hydrogens is 346 g/mol. The van der Waals surface area contributed by atoms with Gasteiger partial charge in [0.05, 0.1) is 11.2 Å². The Morgan fingerprint density at radius 3 is 2.70 bits per heavy atom. The van der Waals surface area contributed by atoms with Gasteiger partial charge < -0.3 is 4.57 Å². The Labute approximate surface area is 153 Å². The van der Waals surface area contributed by atoms with Crippen LogP contribution in [0.3, 0.4) is 0 Å². The fraction of sp³-hybridized carbons (Fsp3) is 0.0952. The lowest BCUT2D eigenvalue weighted by Gasteiger charge is -2.03. The summed E-state index contributed by atoms with van der Waals surface area (Å²) in [6.45, 7) is 2.56. The van der Waals surface area contributed by atoms with Crippen molar-refractivity contribution in [3.8, 4) is 11.4 Å². The highest BCUT2D eigenvalue weighted by atomic mass is 19.2. The van der Waals surface area contributed by atoms with E-state index in [9.17, 15) is 8.78 Å². The number of aromatic nitrogens is 4. The van der Waals surface area contributed by atoms with Gasteiger partial charge >= 0.3 is 0 Å². The highest BCUT2D eigenvalue weighted by Gasteiger charge is 2.19. The van der Waals surface area contributed by atoms with E-state index in [1.54, 1.807) is 13.0 Å². The van der Waals surface area contributed by atoms with Gasteiger partial charge in [-0.2, -0.15) is 0 Å². The van der Waals surface area contributed by atoms with Crippen LogP contribution in [0.5, 0.6) is 0 Å². The van der Waals surface area contributed by atoms with Crippen molar-refractivity contribution in [1.82, 2.24) is 19.5 Å². The minimum Gasteiger partial charge on any atom is -0.326 e. The number of nitrogens with zero attached hydrogens (tertiary/aromatic N) is 4. The van der Waals surface area contributed by atoms with E-state index in [1.165, 1.54) is 5.56 Å². The average molecular weight is 360 g/mol. The zero-order chi connectivity index (χ0) is 18.5. The molecule has 0 spiro atoms. The number of benzene rings is 2. The van der Waals surface area contributed by atoms with E-state index in [-0.39, 0.29) is 0 Å². The predicted molar refractivity (Wildman–Crippen MR) is 99.9 cm³/mol. The van der Waals surface area contributed by atoms with Gasteiger partial charge in [0.25, 0.3) is 0 Å². The van der Waals surface area contributed by atoms with Crippen LogP contribution in [0.25, 0.3) is 34.4 Å². The van der Waals surface area contributed by atoms with Gasteiger partial charge in [0.1, 0.15) is 5.82 Å². The summed E-state index contributed by atoms with van der Waals surface area (Å²) in [5, 5.41) is 0.503. The Balaban J connectivity index is 1.50. The van der Waals surface area contributed by atoms with Gasteiger partial charge in [-0.1, -0.05) is 24.3 Å². The molecule has 0 unspecified atom stereocenters. The summed E-state index contributed by atoms with van der Waals surface area (Å²) in [6, 6.07) is 10.4. The molecule has 0 saturated heterocycles. The Morgan fingerprint density at radius 2 is 1.81 bits per heavy atom. The molecule has 1 aliphatic rings. The molecule has 5 rings (SSSR count). The molecule has 0 saturated carbocycles. The highest BCUT2D eigenvalue weighted by molar-refractivity contribution is 5.82. The van der Waals surface area contributed by atoms with E-state index in [1.807, 2.05) is 24.4 Å². The van der Waals surface area contributed by atoms with Crippen LogP contribution in [-0.4, -0.2) is 19.5 Å². The molecule has 3 heterocycles. The number of aryl methyl sites for hydroxylation is 1. The number of halogens is 2. The van der Waals surface area contributed by atoms with Crippen LogP contribution in [0, 0.1) is 18.6 Å². The first kappa shape index (κ1) is 15.8. The summed E-state index contributed by atoms with van der Waals surface area (Å²) in [4.78, 5) is 13.3. The monoisotopic (exact) mass is 360 g/mol. The Kier molecular flexibility index (Phi) is 3.40. The first-order chi connectivity index (χ1) is 13.1. The van der Waals surface area contributed by atoms with E-state index >= 15 is 0 Å². The van der Waals surface area contributed by atoms with Crippen molar-refractivity contribution in [2.75, 3.05) is 0 Å². The third-order valence-electron chi connectivity index (χ3n) is 4.74. The molecule has 4 aromatic rings. The van der Waals surface area contributed by atoms with Crippen molar-refractivity contribution < 1.29 is 8.78 Å². The molecule has 2 aromatic heterocycles. The van der Waals surface area contributed by atoms with Crippen molar-refractivity contribution in [2.24, 2.45) is 0 Å². The topological polar surface area (TPSA) is 43.6 Å². The second kappa shape index (κ2) is 5.81. The summed E-state index contributed by atoms with van der Waals surface area (Å²) in [7, 11) is 0. The zero-order valence-corrected chi connectivity index (χ0v) is 14.4. The van der Waals surface area contributed by atoms with Crippen LogP contribution < -0.4 is 0 Å². The lowest BCUT2D eigenvalue weighted by atomic mass is 10.1. The third-order valence-corrected chi connectivity index (χ3v) is 4.74. The molecule has 0 aliphatic carbocycles. The SMILES string of the molecule is Cc1nc(C=Cc2cn3c(n2)-c2ccccc2C3)nc2cc(F)c(F)cc12. The number of imidazole rings is 1. The number of hydrogen-bond donors (Lipinski definition) is 0. The molecular formula is C21H14F2N4. The summed E-state index contributed by atoms with van der Waals surface area (Å²) < 4.78 is 29.0. The molecule has 0 N–H and O–H groups in total. The molecule has 0 atom stereocenters. The Morgan fingerprint density at radius 1 is 1.00 bits per heavy atom. The Bertz CT molecular complexity index is 1240. The van der Waals surface area contributed by atoms with Crippen molar-refractivity contribution in [1.29, 1.82) is 0 Å². The van der Waals surface area contributed by atoms with Gasteiger partial charge in [-0.25, -0.2) is 23.7 Å². The van der Waals surface area contributed by atoms with Gasteiger partial charge in [0, 0.05) is 35.5 Å². The van der Waals surface area contributed by atoms with E-state index in [4.69, 9.17) is 0 Å². The lowest BCUT2D eigenvalue weighted by Crippen LogP contribution is -1.96. The number of rotatable bonds is 2. The van der Waals surface area contributed by atoms with Gasteiger partial charge in [0.2, 0.25) is 0 Å². The summed E-state index contributed by atoms with van der Waals surface area (Å²) >= 11 is 0. The molecule has 2 aromatic carbocycles. The first-order valence-electron chi connectivity index (χ1n) is 8.55. The third kappa shape index (κ3) is 2.61. The minimum absolute atomic E-state index is 0.377. The summed E-state index contributed by atoms with van der Waals surface area (Å²) in [5.41, 5.74) is 4.18. The molecule has 0 amide bonds. The molecule has 6 heteroatoms. The maximum Gasteiger partial charge on any atom is 0.161 e.